The van der Waals surface area contributed by atoms with Gasteiger partial charge in [-0.3, -0.25) is 59.0 Å². The smallest absolute Gasteiger partial charge is 0.394 e. The largest absolute Gasteiger partial charge is 0.472 e. The maximum absolute atomic E-state index is 14.2. The zero-order valence-electron chi connectivity index (χ0n) is 50.3. The predicted octanol–water partition coefficient (Wildman–Crippen LogP) is -1.27. The van der Waals surface area contributed by atoms with Crippen molar-refractivity contribution in [1.82, 2.24) is 77.7 Å². The van der Waals surface area contributed by atoms with Gasteiger partial charge in [0.15, 0.2) is 34.4 Å². The summed E-state index contributed by atoms with van der Waals surface area (Å²) in [7, 11) is -21.3. The molecule has 0 radical (unpaired) electrons. The number of aliphatic hydroxyl groups is 2. The van der Waals surface area contributed by atoms with E-state index >= 15 is 0 Å². The lowest BCUT2D eigenvalue weighted by atomic mass is 10.2. The fourth-order valence-corrected chi connectivity index (χ4v) is 15.4. The van der Waals surface area contributed by atoms with E-state index < -0.39 is 181 Å². The SMILES string of the molecule is Nc1ccn([C@H]2C[C@H](OP(=O)(O)OC[C@H]3O[C@@H](n4cnc5c(N)ncnc54)C[C@@H]3OP(=O)(O)OC[C@H]3O[C@@H](n4cnc5c(N)ncnc54)C[C@@H]3O)[C@@H](COP(=O)(O)O[C@H]3C[C@H](n4ccc(N)nc4=O)O[C@@H]3COP(=O)(O)O[C@H]3C[C@H](n4cnc5c(N)ncnc54)O[C@@H]3CO)O2)c(=O)n1. The minimum atomic E-state index is -5.46. The van der Waals surface area contributed by atoms with Crippen LogP contribution in [0.2, 0.25) is 0 Å². The van der Waals surface area contributed by atoms with Gasteiger partial charge < -0.3 is 82.1 Å². The summed E-state index contributed by atoms with van der Waals surface area (Å²) in [5.74, 6) is -0.198. The van der Waals surface area contributed by atoms with Gasteiger partial charge in [-0.05, 0) is 12.1 Å². The lowest BCUT2D eigenvalue weighted by Crippen LogP contribution is -2.32. The zero-order chi connectivity index (χ0) is 69.2. The topological polar surface area (TPSA) is 640 Å². The normalized spacial score (nSPS) is 29.9. The number of hydrogen-bond acceptors (Lipinski definition) is 37. The Hall–Kier alpha value is -7.43. The molecule has 0 spiro atoms. The second-order valence-corrected chi connectivity index (χ2v) is 28.2. The van der Waals surface area contributed by atoms with Crippen molar-refractivity contribution in [3.8, 4) is 0 Å². The first-order chi connectivity index (χ1) is 46.7. The Morgan fingerprint density at radius 1 is 0.429 bits per heavy atom. The number of nitrogens with two attached hydrogens (primary N) is 5. The summed E-state index contributed by atoms with van der Waals surface area (Å²) < 4.78 is 136. The van der Waals surface area contributed by atoms with Crippen LogP contribution in [0.1, 0.15) is 63.2 Å². The summed E-state index contributed by atoms with van der Waals surface area (Å²) in [5, 5.41) is 21.2. The molecule has 0 aromatic carbocycles. The molecule has 8 aromatic heterocycles. The molecule has 0 aliphatic carbocycles. The van der Waals surface area contributed by atoms with Crippen LogP contribution in [0.25, 0.3) is 33.5 Å². The molecule has 13 heterocycles. The number of phosphoric ester groups is 4. The van der Waals surface area contributed by atoms with E-state index in [2.05, 4.69) is 54.8 Å². The third-order valence-electron chi connectivity index (χ3n) is 16.2. The third-order valence-corrected chi connectivity index (χ3v) is 20.3. The van der Waals surface area contributed by atoms with E-state index in [1.807, 2.05) is 0 Å². The van der Waals surface area contributed by atoms with E-state index in [0.29, 0.717) is 5.65 Å². The van der Waals surface area contributed by atoms with Crippen molar-refractivity contribution in [1.29, 1.82) is 0 Å². The fourth-order valence-electron chi connectivity index (χ4n) is 11.6. The average Bonchev–Trinajstić information content (AvgIpc) is 1.65. The highest BCUT2D eigenvalue weighted by Crippen LogP contribution is 2.55. The third kappa shape index (κ3) is 14.9. The van der Waals surface area contributed by atoms with E-state index in [9.17, 15) is 57.6 Å². The molecular formula is C48H61N21O25P4. The molecule has 98 heavy (non-hydrogen) atoms. The summed E-state index contributed by atoms with van der Waals surface area (Å²) >= 11 is 0. The highest BCUT2D eigenvalue weighted by Gasteiger charge is 2.50. The quantitative estimate of drug-likeness (QED) is 0.0282. The second kappa shape index (κ2) is 27.6. The van der Waals surface area contributed by atoms with E-state index in [0.717, 1.165) is 15.5 Å². The Kier molecular flexibility index (Phi) is 19.4. The van der Waals surface area contributed by atoms with Crippen LogP contribution in [-0.4, -0.2) is 202 Å². The molecule has 4 unspecified atom stereocenters. The molecule has 0 saturated carbocycles. The molecule has 0 bridgehead atoms. The Morgan fingerprint density at radius 2 is 0.724 bits per heavy atom. The van der Waals surface area contributed by atoms with Gasteiger partial charge >= 0.3 is 42.7 Å². The molecule has 46 nitrogen and oxygen atoms in total. The number of ether oxygens (including phenoxy) is 5. The van der Waals surface area contributed by atoms with Gasteiger partial charge in [0.2, 0.25) is 0 Å². The number of imidazole rings is 3. The van der Waals surface area contributed by atoms with Crippen LogP contribution in [0.3, 0.4) is 0 Å². The number of nitrogens with zero attached hydrogens (tertiary/aromatic N) is 16. The first-order valence-electron chi connectivity index (χ1n) is 29.3. The number of anilines is 5. The number of fused-ring (bicyclic) bond motifs is 3. The molecule has 50 heteroatoms. The minimum absolute atomic E-state index is 0.00475. The first-order valence-corrected chi connectivity index (χ1v) is 35.3. The number of rotatable bonds is 26. The van der Waals surface area contributed by atoms with Crippen LogP contribution >= 0.6 is 31.3 Å². The molecule has 528 valence electrons. The van der Waals surface area contributed by atoms with Gasteiger partial charge in [0, 0.05) is 44.5 Å². The lowest BCUT2D eigenvalue weighted by Gasteiger charge is -2.25. The van der Waals surface area contributed by atoms with Gasteiger partial charge in [-0.1, -0.05) is 0 Å². The van der Waals surface area contributed by atoms with Gasteiger partial charge in [-0.2, -0.15) is 9.97 Å². The van der Waals surface area contributed by atoms with Gasteiger partial charge in [0.1, 0.15) is 133 Å². The highest BCUT2D eigenvalue weighted by atomic mass is 31.2. The van der Waals surface area contributed by atoms with E-state index in [1.54, 1.807) is 0 Å². The van der Waals surface area contributed by atoms with Crippen molar-refractivity contribution in [2.24, 2.45) is 0 Å². The van der Waals surface area contributed by atoms with Crippen LogP contribution in [-0.2, 0) is 78.1 Å². The number of aromatic nitrogens is 16. The van der Waals surface area contributed by atoms with Crippen LogP contribution < -0.4 is 40.0 Å². The van der Waals surface area contributed by atoms with E-state index in [4.69, 9.17) is 88.5 Å². The lowest BCUT2D eigenvalue weighted by molar-refractivity contribution is -0.0643. The Morgan fingerprint density at radius 3 is 1.06 bits per heavy atom. The van der Waals surface area contributed by atoms with E-state index in [1.165, 1.54) is 69.9 Å². The average molecular weight is 1460 g/mol. The molecule has 13 rings (SSSR count). The van der Waals surface area contributed by atoms with Crippen LogP contribution in [0.5, 0.6) is 0 Å². The molecular weight excluding hydrogens is 1390 g/mol. The molecule has 5 aliphatic heterocycles. The van der Waals surface area contributed by atoms with Crippen LogP contribution in [0.15, 0.2) is 72.1 Å². The van der Waals surface area contributed by atoms with Crippen molar-refractivity contribution < 1.29 is 108 Å². The van der Waals surface area contributed by atoms with Crippen molar-refractivity contribution >= 4 is 93.9 Å². The summed E-state index contributed by atoms with van der Waals surface area (Å²) in [6.07, 6.45) is -11.8. The molecule has 0 amide bonds. The van der Waals surface area contributed by atoms with Crippen molar-refractivity contribution in [2.45, 2.75) is 124 Å². The van der Waals surface area contributed by atoms with Crippen LogP contribution in [0, 0.1) is 0 Å². The molecule has 19 atom stereocenters. The summed E-state index contributed by atoms with van der Waals surface area (Å²) in [6, 6.07) is 2.47. The molecule has 8 aromatic rings. The number of hydrogen-bond donors (Lipinski definition) is 11. The Bertz CT molecular complexity index is 4590. The summed E-state index contributed by atoms with van der Waals surface area (Å²) in [6.45, 7) is -4.31. The Labute approximate surface area is 547 Å². The predicted molar refractivity (Wildman–Crippen MR) is 323 cm³/mol. The van der Waals surface area contributed by atoms with Crippen LogP contribution in [0.4, 0.5) is 29.1 Å². The maximum Gasteiger partial charge on any atom is 0.472 e. The van der Waals surface area contributed by atoms with Gasteiger partial charge in [0.05, 0.1) is 58.1 Å². The molecule has 5 aliphatic rings. The standard InChI is InChI=1S/C48H61N21O25P4/c49-31-1-3-65(47(72)63-31)34-7-23(28(88-34)12-83-96(76,77)91-22-6-36(86-26(22)10-70)68-19-61-39-42(52)55-16-58-45(39)68)92-97(78,79)84-13-29-24(8-35(89-29)66-4-2-32(50)64-48(66)73)93-98(80,81)85-14-30-25(9-37(90-30)69-20-62-40-43(53)56-17-59-46(40)69)94-95(74,75)82-11-27-21(71)5-33(87-27)67-18-60-38-41(51)54-15-57-44(38)67/h1-4,15-30,33-37,70-71H,5-14H2,(H,74,75)(H,76,77)(H,78,79)(H,80,81)(H2,49,63,72)(H2,50,64,73)(H2,51,54,57)(H2,52,55,58)(H2,53,56,59)/t21-,22-,23-,24-,25-,26+,27+,28+,29+,30+,33+,34+,35+,36+,37+/m0/s1. The summed E-state index contributed by atoms with van der Waals surface area (Å²) in [5.41, 5.74) is 28.8. The van der Waals surface area contributed by atoms with Gasteiger partial charge in [0.25, 0.3) is 0 Å². The highest BCUT2D eigenvalue weighted by molar-refractivity contribution is 7.48. The zero-order valence-corrected chi connectivity index (χ0v) is 53.9. The molecule has 5 saturated heterocycles. The van der Waals surface area contributed by atoms with Crippen molar-refractivity contribution in [2.75, 3.05) is 61.7 Å². The van der Waals surface area contributed by atoms with E-state index in [-0.39, 0.29) is 76.2 Å². The van der Waals surface area contributed by atoms with Crippen molar-refractivity contribution in [3.05, 3.63) is 83.5 Å². The Balaban J connectivity index is 0.683. The minimum Gasteiger partial charge on any atom is -0.394 e. The van der Waals surface area contributed by atoms with Gasteiger partial charge in [-0.15, -0.1) is 0 Å². The fraction of sp³-hybridized carbons (Fsp3) is 0.521. The number of nitrogen functional groups attached to an aromatic ring is 5. The number of aliphatic hydroxyl groups excluding tert-OH is 2. The monoisotopic (exact) mass is 1460 g/mol. The summed E-state index contributed by atoms with van der Waals surface area (Å²) in [4.78, 5) is 116. The number of phosphoric acid groups is 4. The van der Waals surface area contributed by atoms with Gasteiger partial charge in [-0.25, -0.2) is 72.7 Å². The maximum atomic E-state index is 14.2. The molecule has 16 N–H and O–H groups in total. The van der Waals surface area contributed by atoms with Crippen molar-refractivity contribution in [3.63, 3.8) is 0 Å². The second-order valence-electron chi connectivity index (χ2n) is 22.5. The first kappa shape index (κ1) is 69.1. The molecule has 5 fully saturated rings.